The van der Waals surface area contributed by atoms with E-state index in [-0.39, 0.29) is 28.8 Å². The molecule has 104 valence electrons. The molecule has 0 aromatic heterocycles. The molecular formula is C14H19FN2O2. The number of nitrogens with one attached hydrogen (secondary N) is 1. The first-order valence-corrected chi connectivity index (χ1v) is 6.37. The van der Waals surface area contributed by atoms with Crippen LogP contribution in [-0.4, -0.2) is 24.2 Å². The predicted octanol–water partition coefficient (Wildman–Crippen LogP) is 2.10. The van der Waals surface area contributed by atoms with Crippen molar-refractivity contribution in [3.05, 3.63) is 29.6 Å². The number of halogens is 1. The molecule has 0 spiro atoms. The lowest BCUT2D eigenvalue weighted by Gasteiger charge is -2.35. The quantitative estimate of drug-likeness (QED) is 0.806. The van der Waals surface area contributed by atoms with E-state index in [1.807, 2.05) is 13.8 Å². The van der Waals surface area contributed by atoms with Gasteiger partial charge in [0.15, 0.2) is 0 Å². The van der Waals surface area contributed by atoms with Gasteiger partial charge in [-0.25, -0.2) is 4.39 Å². The number of ether oxygens (including phenoxy) is 1. The molecule has 1 saturated heterocycles. The second-order valence-corrected chi connectivity index (χ2v) is 5.50. The van der Waals surface area contributed by atoms with Crippen molar-refractivity contribution in [2.45, 2.75) is 38.3 Å². The lowest BCUT2D eigenvalue weighted by Crippen LogP contribution is -2.45. The molecule has 5 heteroatoms. The largest absolute Gasteiger partial charge is 0.398 e. The van der Waals surface area contributed by atoms with Gasteiger partial charge < -0.3 is 15.8 Å². The van der Waals surface area contributed by atoms with Crippen LogP contribution < -0.4 is 11.1 Å². The van der Waals surface area contributed by atoms with E-state index in [4.69, 9.17) is 10.5 Å². The highest BCUT2D eigenvalue weighted by Crippen LogP contribution is 2.24. The first kappa shape index (κ1) is 13.8. The first-order valence-electron chi connectivity index (χ1n) is 6.37. The zero-order valence-electron chi connectivity index (χ0n) is 11.2. The van der Waals surface area contributed by atoms with E-state index in [2.05, 4.69) is 5.32 Å². The van der Waals surface area contributed by atoms with Crippen LogP contribution in [0.3, 0.4) is 0 Å². The molecular weight excluding hydrogens is 247 g/mol. The summed E-state index contributed by atoms with van der Waals surface area (Å²) in [6.07, 6.45) is 1.48. The predicted molar refractivity (Wildman–Crippen MR) is 71.3 cm³/mol. The molecule has 1 unspecified atom stereocenters. The molecule has 2 rings (SSSR count). The fraction of sp³-hybridized carbons (Fsp3) is 0.500. The molecule has 0 bridgehead atoms. The summed E-state index contributed by atoms with van der Waals surface area (Å²) in [6, 6.07) is 3.83. The van der Waals surface area contributed by atoms with E-state index >= 15 is 0 Å². The lowest BCUT2D eigenvalue weighted by molar-refractivity contribution is -0.0615. The molecule has 1 aliphatic heterocycles. The molecule has 1 amide bonds. The van der Waals surface area contributed by atoms with Gasteiger partial charge in [0.25, 0.3) is 5.91 Å². The molecule has 1 atom stereocenters. The highest BCUT2D eigenvalue weighted by molar-refractivity contribution is 5.99. The van der Waals surface area contributed by atoms with Crippen LogP contribution in [0.2, 0.25) is 0 Å². The minimum Gasteiger partial charge on any atom is -0.398 e. The number of amides is 1. The third-order valence-electron chi connectivity index (χ3n) is 3.29. The third-order valence-corrected chi connectivity index (χ3v) is 3.29. The van der Waals surface area contributed by atoms with Crippen LogP contribution in [-0.2, 0) is 4.74 Å². The molecule has 1 aromatic rings. The normalized spacial score (nSPS) is 21.9. The van der Waals surface area contributed by atoms with Crippen molar-refractivity contribution >= 4 is 11.6 Å². The Kier molecular flexibility index (Phi) is 3.75. The maximum atomic E-state index is 13.2. The molecule has 1 aromatic carbocycles. The smallest absolute Gasteiger partial charge is 0.253 e. The zero-order valence-corrected chi connectivity index (χ0v) is 11.2. The van der Waals surface area contributed by atoms with E-state index in [0.29, 0.717) is 6.61 Å². The van der Waals surface area contributed by atoms with Crippen LogP contribution in [0, 0.1) is 5.82 Å². The summed E-state index contributed by atoms with van der Waals surface area (Å²) in [5.41, 5.74) is 5.92. The van der Waals surface area contributed by atoms with Crippen molar-refractivity contribution < 1.29 is 13.9 Å². The molecule has 3 N–H and O–H groups in total. The van der Waals surface area contributed by atoms with Gasteiger partial charge in [-0.15, -0.1) is 0 Å². The van der Waals surface area contributed by atoms with Crippen LogP contribution in [0.25, 0.3) is 0 Å². The SMILES string of the molecule is CC1(C)CC(NC(=O)c2cc(F)ccc2N)CCO1. The van der Waals surface area contributed by atoms with Gasteiger partial charge in [0.1, 0.15) is 5.82 Å². The third kappa shape index (κ3) is 3.44. The number of carbonyl (C=O) groups is 1. The molecule has 0 saturated carbocycles. The number of hydrogen-bond donors (Lipinski definition) is 2. The minimum absolute atomic E-state index is 0.0268. The highest BCUT2D eigenvalue weighted by Gasteiger charge is 2.30. The zero-order chi connectivity index (χ0) is 14.0. The van der Waals surface area contributed by atoms with E-state index in [9.17, 15) is 9.18 Å². The van der Waals surface area contributed by atoms with Crippen LogP contribution in [0.5, 0.6) is 0 Å². The molecule has 1 fully saturated rings. The average Bonchev–Trinajstić information content (AvgIpc) is 2.31. The van der Waals surface area contributed by atoms with Gasteiger partial charge in [0.2, 0.25) is 0 Å². The second-order valence-electron chi connectivity index (χ2n) is 5.50. The van der Waals surface area contributed by atoms with Gasteiger partial charge in [-0.1, -0.05) is 0 Å². The molecule has 1 aliphatic rings. The monoisotopic (exact) mass is 266 g/mol. The Morgan fingerprint density at radius 1 is 1.53 bits per heavy atom. The summed E-state index contributed by atoms with van der Waals surface area (Å²) >= 11 is 0. The number of hydrogen-bond acceptors (Lipinski definition) is 3. The van der Waals surface area contributed by atoms with Crippen LogP contribution in [0.1, 0.15) is 37.0 Å². The van der Waals surface area contributed by atoms with Crippen molar-refractivity contribution in [1.29, 1.82) is 0 Å². The topological polar surface area (TPSA) is 64.4 Å². The summed E-state index contributed by atoms with van der Waals surface area (Å²) in [6.45, 7) is 4.58. The Bertz CT molecular complexity index is 488. The van der Waals surface area contributed by atoms with Gasteiger partial charge in [0.05, 0.1) is 11.2 Å². The number of benzene rings is 1. The first-order chi connectivity index (χ1) is 8.87. The summed E-state index contributed by atoms with van der Waals surface area (Å²) in [5.74, 6) is -0.800. The molecule has 0 radical (unpaired) electrons. The summed E-state index contributed by atoms with van der Waals surface area (Å²) in [4.78, 5) is 12.1. The van der Waals surface area contributed by atoms with Gasteiger partial charge in [0, 0.05) is 18.3 Å². The Morgan fingerprint density at radius 3 is 2.95 bits per heavy atom. The average molecular weight is 266 g/mol. The minimum atomic E-state index is -0.466. The van der Waals surface area contributed by atoms with E-state index in [1.54, 1.807) is 0 Å². The van der Waals surface area contributed by atoms with Crippen LogP contribution in [0.4, 0.5) is 10.1 Å². The Labute approximate surface area is 112 Å². The van der Waals surface area contributed by atoms with Crippen LogP contribution in [0.15, 0.2) is 18.2 Å². The fourth-order valence-electron chi connectivity index (χ4n) is 2.34. The molecule has 0 aliphatic carbocycles. The Balaban J connectivity index is 2.06. The number of rotatable bonds is 2. The maximum Gasteiger partial charge on any atom is 0.253 e. The van der Waals surface area contributed by atoms with E-state index in [0.717, 1.165) is 18.9 Å². The second kappa shape index (κ2) is 5.17. The summed E-state index contributed by atoms with van der Waals surface area (Å²) < 4.78 is 18.7. The molecule has 4 nitrogen and oxygen atoms in total. The van der Waals surface area contributed by atoms with Crippen molar-refractivity contribution in [2.75, 3.05) is 12.3 Å². The number of nitrogen functional groups attached to an aromatic ring is 1. The van der Waals surface area contributed by atoms with Crippen LogP contribution >= 0.6 is 0 Å². The number of anilines is 1. The number of carbonyl (C=O) groups excluding carboxylic acids is 1. The van der Waals surface area contributed by atoms with Crippen molar-refractivity contribution in [1.82, 2.24) is 5.32 Å². The lowest BCUT2D eigenvalue weighted by atomic mass is 9.93. The molecule has 19 heavy (non-hydrogen) atoms. The Hall–Kier alpha value is -1.62. The fourth-order valence-corrected chi connectivity index (χ4v) is 2.34. The van der Waals surface area contributed by atoms with Crippen molar-refractivity contribution in [3.63, 3.8) is 0 Å². The van der Waals surface area contributed by atoms with Crippen molar-refractivity contribution in [2.24, 2.45) is 0 Å². The van der Waals surface area contributed by atoms with Gasteiger partial charge in [-0.2, -0.15) is 0 Å². The van der Waals surface area contributed by atoms with E-state index < -0.39 is 5.82 Å². The summed E-state index contributed by atoms with van der Waals surface area (Å²) in [5, 5.41) is 2.89. The van der Waals surface area contributed by atoms with Gasteiger partial charge in [-0.3, -0.25) is 4.79 Å². The van der Waals surface area contributed by atoms with E-state index in [1.165, 1.54) is 12.1 Å². The summed E-state index contributed by atoms with van der Waals surface area (Å²) in [7, 11) is 0. The van der Waals surface area contributed by atoms with Gasteiger partial charge in [-0.05, 0) is 44.9 Å². The van der Waals surface area contributed by atoms with Crippen molar-refractivity contribution in [3.8, 4) is 0 Å². The highest BCUT2D eigenvalue weighted by atomic mass is 19.1. The van der Waals surface area contributed by atoms with Gasteiger partial charge >= 0.3 is 0 Å². The Morgan fingerprint density at radius 2 is 2.26 bits per heavy atom. The standard InChI is InChI=1S/C14H19FN2O2/c1-14(2)8-10(5-6-19-14)17-13(18)11-7-9(15)3-4-12(11)16/h3-4,7,10H,5-6,8,16H2,1-2H3,(H,17,18). The maximum absolute atomic E-state index is 13.2. The molecule has 1 heterocycles. The number of nitrogens with two attached hydrogens (primary N) is 1.